The highest BCUT2D eigenvalue weighted by Crippen LogP contribution is 2.12. The highest BCUT2D eigenvalue weighted by atomic mass is 32.1. The van der Waals surface area contributed by atoms with E-state index < -0.39 is 0 Å². The maximum absolute atomic E-state index is 12.3. The van der Waals surface area contributed by atoms with Crippen molar-refractivity contribution in [3.05, 3.63) is 63.9 Å². The summed E-state index contributed by atoms with van der Waals surface area (Å²) in [5.41, 5.74) is 1.67. The molecule has 0 aliphatic carbocycles. The minimum atomic E-state index is 0.0135. The molecule has 1 amide bonds. The number of thiophene rings is 1. The molecule has 0 radical (unpaired) electrons. The summed E-state index contributed by atoms with van der Waals surface area (Å²) in [6, 6.07) is 13.4. The Balaban J connectivity index is 2.04. The third-order valence-electron chi connectivity index (χ3n) is 3.20. The maximum atomic E-state index is 12.3. The van der Waals surface area contributed by atoms with Gasteiger partial charge in [-0.2, -0.15) is 5.26 Å². The first kappa shape index (κ1) is 16.0. The Morgan fingerprint density at radius 2 is 2.09 bits per heavy atom. The molecule has 2 aromatic rings. The Hall–Kier alpha value is -2.38. The van der Waals surface area contributed by atoms with Crippen LogP contribution in [0, 0.1) is 11.3 Å². The van der Waals surface area contributed by atoms with Crippen LogP contribution in [0.4, 0.5) is 0 Å². The Bertz CT molecular complexity index is 666. The molecular formula is C18H18N2OS. The molecule has 0 saturated heterocycles. The van der Waals surface area contributed by atoms with Crippen LogP contribution in [0.3, 0.4) is 0 Å². The van der Waals surface area contributed by atoms with Gasteiger partial charge in [0, 0.05) is 24.0 Å². The molecule has 1 heterocycles. The number of nitriles is 1. The average molecular weight is 310 g/mol. The third kappa shape index (κ3) is 4.57. The Morgan fingerprint density at radius 1 is 1.32 bits per heavy atom. The lowest BCUT2D eigenvalue weighted by molar-refractivity contribution is -0.126. The van der Waals surface area contributed by atoms with E-state index in [-0.39, 0.29) is 5.91 Å². The van der Waals surface area contributed by atoms with Crippen molar-refractivity contribution < 1.29 is 4.79 Å². The van der Waals surface area contributed by atoms with Crippen molar-refractivity contribution >= 4 is 23.3 Å². The number of hydrogen-bond donors (Lipinski definition) is 0. The zero-order valence-electron chi connectivity index (χ0n) is 12.5. The van der Waals surface area contributed by atoms with Crippen molar-refractivity contribution in [1.29, 1.82) is 5.26 Å². The van der Waals surface area contributed by atoms with Crippen molar-refractivity contribution in [3.8, 4) is 6.07 Å². The number of carbonyl (C=O) groups excluding carboxylic acids is 1. The fraction of sp³-hybridized carbons (Fsp3) is 0.222. The Labute approximate surface area is 135 Å². The van der Waals surface area contributed by atoms with E-state index in [1.54, 1.807) is 29.5 Å². The van der Waals surface area contributed by atoms with E-state index in [9.17, 15) is 4.79 Å². The summed E-state index contributed by atoms with van der Waals surface area (Å²) >= 11 is 1.61. The molecule has 2 rings (SSSR count). The molecule has 22 heavy (non-hydrogen) atoms. The van der Waals surface area contributed by atoms with Crippen LogP contribution in [-0.2, 0) is 11.3 Å². The molecule has 112 valence electrons. The third-order valence-corrected chi connectivity index (χ3v) is 4.03. The van der Waals surface area contributed by atoms with Gasteiger partial charge in [-0.25, -0.2) is 0 Å². The van der Waals surface area contributed by atoms with Crippen molar-refractivity contribution in [1.82, 2.24) is 4.90 Å². The summed E-state index contributed by atoms with van der Waals surface area (Å²) < 4.78 is 0. The molecule has 0 atom stereocenters. The first-order valence-electron chi connectivity index (χ1n) is 7.22. The van der Waals surface area contributed by atoms with E-state index in [1.807, 2.05) is 40.6 Å². The Morgan fingerprint density at radius 3 is 2.68 bits per heavy atom. The lowest BCUT2D eigenvalue weighted by atomic mass is 10.1. The molecule has 0 saturated carbocycles. The van der Waals surface area contributed by atoms with Gasteiger partial charge in [0.25, 0.3) is 0 Å². The van der Waals surface area contributed by atoms with Gasteiger partial charge in [0.15, 0.2) is 0 Å². The molecule has 1 aromatic carbocycles. The van der Waals surface area contributed by atoms with Gasteiger partial charge < -0.3 is 4.90 Å². The van der Waals surface area contributed by atoms with Gasteiger partial charge in [-0.3, -0.25) is 4.79 Å². The smallest absolute Gasteiger partial charge is 0.246 e. The molecule has 3 nitrogen and oxygen atoms in total. The number of rotatable bonds is 6. The number of amides is 1. The lowest BCUT2D eigenvalue weighted by Gasteiger charge is -2.20. The molecule has 0 spiro atoms. The molecule has 0 N–H and O–H groups in total. The highest BCUT2D eigenvalue weighted by Gasteiger charge is 2.10. The SMILES string of the molecule is CCCN(Cc1ccc(C#N)cc1)C(=O)/C=C/c1cccs1. The van der Waals surface area contributed by atoms with E-state index in [0.29, 0.717) is 18.7 Å². The fourth-order valence-corrected chi connectivity index (χ4v) is 2.71. The minimum Gasteiger partial charge on any atom is -0.335 e. The summed E-state index contributed by atoms with van der Waals surface area (Å²) in [5.74, 6) is 0.0135. The first-order chi connectivity index (χ1) is 10.7. The number of benzene rings is 1. The van der Waals surface area contributed by atoms with Gasteiger partial charge >= 0.3 is 0 Å². The van der Waals surface area contributed by atoms with Crippen LogP contribution in [0.5, 0.6) is 0 Å². The lowest BCUT2D eigenvalue weighted by Crippen LogP contribution is -2.29. The van der Waals surface area contributed by atoms with Gasteiger partial charge in [0.1, 0.15) is 0 Å². The van der Waals surface area contributed by atoms with Crippen LogP contribution in [-0.4, -0.2) is 17.4 Å². The van der Waals surface area contributed by atoms with E-state index in [2.05, 4.69) is 13.0 Å². The molecule has 0 unspecified atom stereocenters. The minimum absolute atomic E-state index is 0.0135. The normalized spacial score (nSPS) is 10.5. The second-order valence-corrected chi connectivity index (χ2v) is 5.90. The van der Waals surface area contributed by atoms with Gasteiger partial charge in [-0.05, 0) is 41.6 Å². The largest absolute Gasteiger partial charge is 0.335 e. The van der Waals surface area contributed by atoms with E-state index in [4.69, 9.17) is 5.26 Å². The van der Waals surface area contributed by atoms with E-state index in [1.165, 1.54) is 0 Å². The topological polar surface area (TPSA) is 44.1 Å². The molecular weight excluding hydrogens is 292 g/mol. The average Bonchev–Trinajstić information content (AvgIpc) is 3.06. The van der Waals surface area contributed by atoms with Crippen molar-refractivity contribution in [2.45, 2.75) is 19.9 Å². The summed E-state index contributed by atoms with van der Waals surface area (Å²) in [5, 5.41) is 10.8. The van der Waals surface area contributed by atoms with Crippen LogP contribution in [0.2, 0.25) is 0 Å². The number of carbonyl (C=O) groups is 1. The quantitative estimate of drug-likeness (QED) is 0.755. The zero-order valence-corrected chi connectivity index (χ0v) is 13.3. The molecule has 0 aliphatic rings. The predicted molar refractivity (Wildman–Crippen MR) is 90.2 cm³/mol. The molecule has 0 bridgehead atoms. The van der Waals surface area contributed by atoms with Gasteiger partial charge in [-0.1, -0.05) is 25.1 Å². The maximum Gasteiger partial charge on any atom is 0.246 e. The standard InChI is InChI=1S/C18H18N2OS/c1-2-11-20(14-16-7-5-15(13-19)6-8-16)18(21)10-9-17-4-3-12-22-17/h3-10,12H,2,11,14H2,1H3/b10-9+. The summed E-state index contributed by atoms with van der Waals surface area (Å²) in [6.07, 6.45) is 4.40. The van der Waals surface area contributed by atoms with E-state index >= 15 is 0 Å². The molecule has 0 aliphatic heterocycles. The fourth-order valence-electron chi connectivity index (χ4n) is 2.09. The monoisotopic (exact) mass is 310 g/mol. The molecule has 4 heteroatoms. The summed E-state index contributed by atoms with van der Waals surface area (Å²) in [4.78, 5) is 15.2. The van der Waals surface area contributed by atoms with Crippen molar-refractivity contribution in [2.24, 2.45) is 0 Å². The number of hydrogen-bond acceptors (Lipinski definition) is 3. The van der Waals surface area contributed by atoms with Crippen LogP contribution in [0.25, 0.3) is 6.08 Å². The van der Waals surface area contributed by atoms with Gasteiger partial charge in [0.05, 0.1) is 11.6 Å². The molecule has 0 fully saturated rings. The van der Waals surface area contributed by atoms with Crippen LogP contribution in [0.15, 0.2) is 47.9 Å². The van der Waals surface area contributed by atoms with Crippen LogP contribution < -0.4 is 0 Å². The summed E-state index contributed by atoms with van der Waals surface area (Å²) in [7, 11) is 0. The first-order valence-corrected chi connectivity index (χ1v) is 8.10. The van der Waals surface area contributed by atoms with Crippen LogP contribution >= 0.6 is 11.3 Å². The second kappa shape index (κ2) is 8.16. The predicted octanol–water partition coefficient (Wildman–Crippen LogP) is 4.07. The van der Waals surface area contributed by atoms with Gasteiger partial charge in [-0.15, -0.1) is 11.3 Å². The highest BCUT2D eigenvalue weighted by molar-refractivity contribution is 7.10. The molecule has 1 aromatic heterocycles. The number of nitrogens with zero attached hydrogens (tertiary/aromatic N) is 2. The van der Waals surface area contributed by atoms with Crippen LogP contribution in [0.1, 0.15) is 29.3 Å². The van der Waals surface area contributed by atoms with Crippen molar-refractivity contribution in [2.75, 3.05) is 6.54 Å². The second-order valence-electron chi connectivity index (χ2n) is 4.92. The van der Waals surface area contributed by atoms with E-state index in [0.717, 1.165) is 16.9 Å². The van der Waals surface area contributed by atoms with Gasteiger partial charge in [0.2, 0.25) is 5.91 Å². The van der Waals surface area contributed by atoms with Crippen molar-refractivity contribution in [3.63, 3.8) is 0 Å². The Kier molecular flexibility index (Phi) is 5.93. The summed E-state index contributed by atoms with van der Waals surface area (Å²) in [6.45, 7) is 3.34. The zero-order chi connectivity index (χ0) is 15.8.